The number of ether oxygens (including phenoxy) is 1. The van der Waals surface area contributed by atoms with E-state index < -0.39 is 17.7 Å². The van der Waals surface area contributed by atoms with Crippen molar-refractivity contribution in [2.45, 2.75) is 32.7 Å². The third kappa shape index (κ3) is 4.51. The maximum Gasteiger partial charge on any atom is 0.295 e. The molecule has 1 amide bonds. The van der Waals surface area contributed by atoms with Gasteiger partial charge in [0.25, 0.3) is 11.7 Å². The molecule has 2 heterocycles. The third-order valence-electron chi connectivity index (χ3n) is 6.76. The van der Waals surface area contributed by atoms with Crippen molar-refractivity contribution in [1.82, 2.24) is 14.4 Å². The lowest BCUT2D eigenvalue weighted by molar-refractivity contribution is -0.140. The van der Waals surface area contributed by atoms with E-state index in [1.54, 1.807) is 11.0 Å². The predicted octanol–water partition coefficient (Wildman–Crippen LogP) is 4.68. The molecule has 1 saturated heterocycles. The van der Waals surface area contributed by atoms with Gasteiger partial charge >= 0.3 is 0 Å². The number of aliphatic hydroxyl groups excluding tert-OH is 1. The molecule has 1 unspecified atom stereocenters. The summed E-state index contributed by atoms with van der Waals surface area (Å²) < 4.78 is 7.77. The van der Waals surface area contributed by atoms with Crippen LogP contribution >= 0.6 is 0 Å². The van der Waals surface area contributed by atoms with Crippen molar-refractivity contribution in [3.63, 3.8) is 0 Å². The average molecular weight is 490 g/mol. The number of ketones is 1. The number of aryl methyl sites for hydroxylation is 1. The van der Waals surface area contributed by atoms with Gasteiger partial charge in [-0.2, -0.15) is 0 Å². The minimum atomic E-state index is -0.690. The normalized spacial score (nSPS) is 17.7. The van der Waals surface area contributed by atoms with Crippen LogP contribution in [0, 0.1) is 0 Å². The monoisotopic (exact) mass is 489 g/mol. The molecule has 1 aliphatic rings. The number of carbonyl (C=O) groups is 2. The fraction of sp³-hybridized carbons (Fsp3) is 0.379. The number of likely N-dealkylation sites (N-methyl/N-ethyl adjacent to an activating group) is 1. The lowest BCUT2D eigenvalue weighted by Gasteiger charge is -2.26. The summed E-state index contributed by atoms with van der Waals surface area (Å²) in [4.78, 5) is 30.3. The number of hydrogen-bond acceptors (Lipinski definition) is 5. The Hall–Kier alpha value is -3.58. The number of hydrogen-bond donors (Lipinski definition) is 1. The van der Waals surface area contributed by atoms with Crippen molar-refractivity contribution in [2.75, 3.05) is 33.8 Å². The molecular formula is C29H35N3O4. The van der Waals surface area contributed by atoms with Crippen molar-refractivity contribution < 1.29 is 19.4 Å². The molecule has 1 aliphatic heterocycles. The lowest BCUT2D eigenvalue weighted by atomic mass is 9.93. The molecule has 3 aromatic rings. The van der Waals surface area contributed by atoms with Gasteiger partial charge < -0.3 is 24.2 Å². The Balaban J connectivity index is 1.93. The molecule has 0 saturated carbocycles. The topological polar surface area (TPSA) is 75.0 Å². The van der Waals surface area contributed by atoms with Gasteiger partial charge in [0.2, 0.25) is 0 Å². The number of aromatic nitrogens is 1. The number of para-hydroxylation sites is 1. The zero-order chi connectivity index (χ0) is 26.1. The molecule has 190 valence electrons. The van der Waals surface area contributed by atoms with Crippen LogP contribution in [0.3, 0.4) is 0 Å². The van der Waals surface area contributed by atoms with Gasteiger partial charge in [0.05, 0.1) is 18.2 Å². The van der Waals surface area contributed by atoms with Gasteiger partial charge in [-0.3, -0.25) is 9.59 Å². The van der Waals surface area contributed by atoms with E-state index in [1.165, 1.54) is 0 Å². The van der Waals surface area contributed by atoms with E-state index in [9.17, 15) is 14.7 Å². The molecule has 1 fully saturated rings. The number of likely N-dealkylation sites (tertiary alicyclic amines) is 1. The minimum Gasteiger partial charge on any atom is -0.507 e. The second-order valence-corrected chi connectivity index (χ2v) is 9.85. The highest BCUT2D eigenvalue weighted by Gasteiger charge is 2.46. The molecule has 0 aliphatic carbocycles. The Morgan fingerprint density at radius 3 is 2.53 bits per heavy atom. The maximum absolute atomic E-state index is 13.4. The van der Waals surface area contributed by atoms with Crippen molar-refractivity contribution in [3.8, 4) is 5.75 Å². The summed E-state index contributed by atoms with van der Waals surface area (Å²) in [5.41, 5.74) is 3.37. The molecule has 0 spiro atoms. The van der Waals surface area contributed by atoms with Gasteiger partial charge in [-0.05, 0) is 56.8 Å². The second kappa shape index (κ2) is 10.2. The summed E-state index contributed by atoms with van der Waals surface area (Å²) in [5, 5.41) is 12.5. The maximum atomic E-state index is 13.4. The molecule has 7 nitrogen and oxygen atoms in total. The molecule has 1 N–H and O–H groups in total. The first-order valence-corrected chi connectivity index (χ1v) is 12.4. The van der Waals surface area contributed by atoms with E-state index in [0.717, 1.165) is 27.8 Å². The van der Waals surface area contributed by atoms with Gasteiger partial charge in [0.15, 0.2) is 0 Å². The van der Waals surface area contributed by atoms with Gasteiger partial charge in [-0.1, -0.05) is 32.0 Å². The highest BCUT2D eigenvalue weighted by atomic mass is 16.5. The largest absolute Gasteiger partial charge is 0.507 e. The second-order valence-electron chi connectivity index (χ2n) is 9.85. The van der Waals surface area contributed by atoms with Crippen LogP contribution in [0.15, 0.2) is 54.2 Å². The number of benzene rings is 2. The van der Waals surface area contributed by atoms with Gasteiger partial charge in [0, 0.05) is 48.4 Å². The van der Waals surface area contributed by atoms with Crippen molar-refractivity contribution in [3.05, 3.63) is 70.9 Å². The zero-order valence-corrected chi connectivity index (χ0v) is 21.9. The first-order chi connectivity index (χ1) is 17.1. The molecular weight excluding hydrogens is 454 g/mol. The molecule has 0 bridgehead atoms. The van der Waals surface area contributed by atoms with Crippen LogP contribution in [0.4, 0.5) is 0 Å². The van der Waals surface area contributed by atoms with E-state index in [0.29, 0.717) is 25.3 Å². The number of rotatable bonds is 8. The lowest BCUT2D eigenvalue weighted by Crippen LogP contribution is -2.35. The minimum absolute atomic E-state index is 0.119. The Kier molecular flexibility index (Phi) is 7.22. The van der Waals surface area contributed by atoms with Crippen molar-refractivity contribution >= 4 is 28.4 Å². The van der Waals surface area contributed by atoms with Crippen LogP contribution in [-0.4, -0.2) is 65.0 Å². The predicted molar refractivity (Wildman–Crippen MR) is 142 cm³/mol. The Bertz CT molecular complexity index is 1340. The van der Waals surface area contributed by atoms with Crippen LogP contribution in [-0.2, 0) is 16.6 Å². The van der Waals surface area contributed by atoms with Gasteiger partial charge in [0.1, 0.15) is 11.5 Å². The summed E-state index contributed by atoms with van der Waals surface area (Å²) in [5.74, 6) is -0.518. The Labute approximate surface area is 212 Å². The molecule has 7 heteroatoms. The third-order valence-corrected chi connectivity index (χ3v) is 6.76. The molecule has 1 aromatic heterocycles. The summed E-state index contributed by atoms with van der Waals surface area (Å²) in [6.45, 7) is 7.52. The first-order valence-electron chi connectivity index (χ1n) is 12.4. The van der Waals surface area contributed by atoms with E-state index in [-0.39, 0.29) is 17.3 Å². The van der Waals surface area contributed by atoms with Crippen LogP contribution < -0.4 is 4.74 Å². The molecule has 36 heavy (non-hydrogen) atoms. The molecule has 0 radical (unpaired) electrons. The van der Waals surface area contributed by atoms with E-state index in [1.807, 2.05) is 80.1 Å². The number of carbonyl (C=O) groups excluding carboxylic acids is 2. The van der Waals surface area contributed by atoms with E-state index in [2.05, 4.69) is 13.8 Å². The number of aliphatic hydroxyl groups is 1. The SMILES string of the molecule is CCOc1ccc(/C(O)=C2\C(=O)C(=O)N(CCN(C)C)C2c2cn(C)c3ccccc23)cc1C(C)C. The summed E-state index contributed by atoms with van der Waals surface area (Å²) >= 11 is 0. The fourth-order valence-electron chi connectivity index (χ4n) is 4.92. The van der Waals surface area contributed by atoms with Gasteiger partial charge in [-0.15, -0.1) is 0 Å². The average Bonchev–Trinajstić information content (AvgIpc) is 3.31. The number of Topliss-reactive ketones (excluding diaryl/α,β-unsaturated/α-hetero) is 1. The Morgan fingerprint density at radius 1 is 1.14 bits per heavy atom. The van der Waals surface area contributed by atoms with E-state index >= 15 is 0 Å². The standard InChI is InChI=1S/C29H35N3O4/c1-7-36-24-13-12-19(16-21(24)18(2)3)27(33)25-26(32(15-14-30(4)5)29(35)28(25)34)22-17-31(6)23-11-9-8-10-20(22)23/h8-13,16-18,26,33H,7,14-15H2,1-6H3/b27-25+. The number of fused-ring (bicyclic) bond motifs is 1. The number of nitrogens with zero attached hydrogens (tertiary/aromatic N) is 3. The van der Waals surface area contributed by atoms with Crippen LogP contribution in [0.5, 0.6) is 5.75 Å². The Morgan fingerprint density at radius 2 is 1.86 bits per heavy atom. The highest BCUT2D eigenvalue weighted by Crippen LogP contribution is 2.43. The van der Waals surface area contributed by atoms with E-state index in [4.69, 9.17) is 4.74 Å². The van der Waals surface area contributed by atoms with Crippen LogP contribution in [0.2, 0.25) is 0 Å². The first kappa shape index (κ1) is 25.5. The fourth-order valence-corrected chi connectivity index (χ4v) is 4.92. The summed E-state index contributed by atoms with van der Waals surface area (Å²) in [6.07, 6.45) is 1.95. The highest BCUT2D eigenvalue weighted by molar-refractivity contribution is 6.46. The van der Waals surface area contributed by atoms with Crippen LogP contribution in [0.25, 0.3) is 16.7 Å². The van der Waals surface area contributed by atoms with Crippen molar-refractivity contribution in [1.29, 1.82) is 0 Å². The molecule has 4 rings (SSSR count). The number of amides is 1. The zero-order valence-electron chi connectivity index (χ0n) is 21.9. The quantitative estimate of drug-likeness (QED) is 0.282. The van der Waals surface area contributed by atoms with Crippen molar-refractivity contribution in [2.24, 2.45) is 7.05 Å². The summed E-state index contributed by atoms with van der Waals surface area (Å²) in [6, 6.07) is 12.6. The smallest absolute Gasteiger partial charge is 0.295 e. The van der Waals surface area contributed by atoms with Gasteiger partial charge in [-0.25, -0.2) is 0 Å². The molecule has 2 aromatic carbocycles. The summed E-state index contributed by atoms with van der Waals surface area (Å²) in [7, 11) is 5.80. The molecule has 1 atom stereocenters. The van der Waals surface area contributed by atoms with Crippen LogP contribution in [0.1, 0.15) is 49.4 Å².